The topological polar surface area (TPSA) is 89.5 Å². The van der Waals surface area contributed by atoms with E-state index in [1.807, 2.05) is 0 Å². The molecule has 0 fully saturated rings. The van der Waals surface area contributed by atoms with Crippen molar-refractivity contribution >= 4 is 11.9 Å². The van der Waals surface area contributed by atoms with Crippen molar-refractivity contribution in [2.45, 2.75) is 0 Å². The van der Waals surface area contributed by atoms with Gasteiger partial charge in [-0.3, -0.25) is 0 Å². The molecule has 0 N–H and O–H groups in total. The molecule has 0 bridgehead atoms. The van der Waals surface area contributed by atoms with E-state index in [0.717, 1.165) is 0 Å². The molecule has 2 aromatic carbocycles. The van der Waals surface area contributed by atoms with Crippen molar-refractivity contribution in [1.82, 2.24) is 0 Å². The summed E-state index contributed by atoms with van der Waals surface area (Å²) in [6.07, 6.45) is 0. The highest BCUT2D eigenvalue weighted by Gasteiger charge is 2.18. The van der Waals surface area contributed by atoms with Crippen LogP contribution in [-0.2, 0) is 9.78 Å². The molecule has 0 saturated carbocycles. The van der Waals surface area contributed by atoms with Crippen LogP contribution < -0.4 is 18.9 Å². The fraction of sp³-hybridized carbons (Fsp3) is 0.222. The van der Waals surface area contributed by atoms with Gasteiger partial charge in [0.2, 0.25) is 0 Å². The van der Waals surface area contributed by atoms with Crippen molar-refractivity contribution in [2.75, 3.05) is 28.4 Å². The number of benzene rings is 2. The van der Waals surface area contributed by atoms with Gasteiger partial charge in [0.15, 0.2) is 23.0 Å². The number of carbonyl (C=O) groups is 2. The van der Waals surface area contributed by atoms with Crippen molar-refractivity contribution < 1.29 is 38.3 Å². The lowest BCUT2D eigenvalue weighted by molar-refractivity contribution is -0.187. The quantitative estimate of drug-likeness (QED) is 0.572. The van der Waals surface area contributed by atoms with E-state index in [1.54, 1.807) is 0 Å². The summed E-state index contributed by atoms with van der Waals surface area (Å²) < 4.78 is 20.4. The van der Waals surface area contributed by atoms with E-state index in [9.17, 15) is 9.59 Å². The fourth-order valence-electron chi connectivity index (χ4n) is 2.10. The highest BCUT2D eigenvalue weighted by Crippen LogP contribution is 2.29. The number of ether oxygens (including phenoxy) is 4. The zero-order valence-corrected chi connectivity index (χ0v) is 14.7. The van der Waals surface area contributed by atoms with E-state index in [1.165, 1.54) is 64.8 Å². The molecule has 0 heterocycles. The van der Waals surface area contributed by atoms with Crippen LogP contribution in [0.1, 0.15) is 20.7 Å². The molecule has 8 heteroatoms. The average molecular weight is 362 g/mol. The Bertz CT molecular complexity index is 732. The number of carbonyl (C=O) groups excluding carboxylic acids is 2. The van der Waals surface area contributed by atoms with Gasteiger partial charge in [-0.05, 0) is 36.4 Å². The van der Waals surface area contributed by atoms with Crippen LogP contribution in [0, 0.1) is 0 Å². The molecule has 2 aromatic rings. The summed E-state index contributed by atoms with van der Waals surface area (Å²) in [6, 6.07) is 8.79. The summed E-state index contributed by atoms with van der Waals surface area (Å²) in [5.74, 6) is -0.140. The average Bonchev–Trinajstić information content (AvgIpc) is 2.70. The minimum Gasteiger partial charge on any atom is -0.493 e. The van der Waals surface area contributed by atoms with Crippen molar-refractivity contribution in [3.8, 4) is 23.0 Å². The van der Waals surface area contributed by atoms with Crippen LogP contribution in [0.5, 0.6) is 23.0 Å². The van der Waals surface area contributed by atoms with Gasteiger partial charge in [-0.2, -0.15) is 0 Å². The summed E-state index contributed by atoms with van der Waals surface area (Å²) in [5.41, 5.74) is 0.255. The van der Waals surface area contributed by atoms with Gasteiger partial charge < -0.3 is 18.9 Å². The second-order valence-electron chi connectivity index (χ2n) is 4.88. The van der Waals surface area contributed by atoms with E-state index >= 15 is 0 Å². The van der Waals surface area contributed by atoms with E-state index in [0.29, 0.717) is 23.0 Å². The third-order valence-electron chi connectivity index (χ3n) is 3.43. The molecule has 0 aromatic heterocycles. The molecular weight excluding hydrogens is 344 g/mol. The Kier molecular flexibility index (Phi) is 6.26. The number of hydrogen-bond donors (Lipinski definition) is 0. The maximum absolute atomic E-state index is 12.0. The number of rotatable bonds is 6. The van der Waals surface area contributed by atoms with Crippen molar-refractivity contribution in [3.05, 3.63) is 47.5 Å². The summed E-state index contributed by atoms with van der Waals surface area (Å²) in [4.78, 5) is 33.2. The molecule has 0 aliphatic rings. The maximum Gasteiger partial charge on any atom is 0.386 e. The molecule has 0 spiro atoms. The molecule has 0 aliphatic heterocycles. The van der Waals surface area contributed by atoms with Gasteiger partial charge in [0.05, 0.1) is 39.6 Å². The lowest BCUT2D eigenvalue weighted by atomic mass is 10.2. The predicted octanol–water partition coefficient (Wildman–Crippen LogP) is 2.65. The van der Waals surface area contributed by atoms with Gasteiger partial charge in [-0.1, -0.05) is 0 Å². The van der Waals surface area contributed by atoms with Crippen molar-refractivity contribution in [2.24, 2.45) is 0 Å². The summed E-state index contributed by atoms with van der Waals surface area (Å²) >= 11 is 0. The Morgan fingerprint density at radius 1 is 0.577 bits per heavy atom. The molecule has 0 amide bonds. The van der Waals surface area contributed by atoms with Crippen LogP contribution in [0.15, 0.2) is 36.4 Å². The Morgan fingerprint density at radius 2 is 0.923 bits per heavy atom. The zero-order chi connectivity index (χ0) is 19.1. The van der Waals surface area contributed by atoms with Gasteiger partial charge in [-0.15, -0.1) is 0 Å². The molecule has 8 nitrogen and oxygen atoms in total. The normalized spacial score (nSPS) is 9.85. The molecular formula is C18H18O8. The SMILES string of the molecule is COc1ccc(C(=O)OOC(=O)c2ccc(OC)c(OC)c2)cc1OC. The van der Waals surface area contributed by atoms with Crippen LogP contribution in [-0.4, -0.2) is 40.4 Å². The molecule has 0 radical (unpaired) electrons. The molecule has 0 atom stereocenters. The van der Waals surface area contributed by atoms with Gasteiger partial charge in [0, 0.05) is 0 Å². The van der Waals surface area contributed by atoms with E-state index in [-0.39, 0.29) is 11.1 Å². The lowest BCUT2D eigenvalue weighted by Gasteiger charge is -2.10. The van der Waals surface area contributed by atoms with Crippen LogP contribution in [0.3, 0.4) is 0 Å². The third-order valence-corrected chi connectivity index (χ3v) is 3.43. The van der Waals surface area contributed by atoms with Gasteiger partial charge >= 0.3 is 11.9 Å². The van der Waals surface area contributed by atoms with Gasteiger partial charge in [0.25, 0.3) is 0 Å². The highest BCUT2D eigenvalue weighted by atomic mass is 17.2. The standard InChI is InChI=1S/C18H18O8/c1-21-13-7-5-11(9-15(13)23-3)17(19)25-26-18(20)12-6-8-14(22-2)16(10-12)24-4/h5-10H,1-4H3. The van der Waals surface area contributed by atoms with Crippen LogP contribution >= 0.6 is 0 Å². The van der Waals surface area contributed by atoms with Gasteiger partial charge in [0.1, 0.15) is 0 Å². The predicted molar refractivity (Wildman–Crippen MR) is 89.9 cm³/mol. The molecule has 138 valence electrons. The minimum absolute atomic E-state index is 0.128. The first-order chi connectivity index (χ1) is 12.5. The first-order valence-corrected chi connectivity index (χ1v) is 7.41. The Labute approximate surface area is 150 Å². The first kappa shape index (κ1) is 18.9. The van der Waals surface area contributed by atoms with Crippen molar-refractivity contribution in [1.29, 1.82) is 0 Å². The van der Waals surface area contributed by atoms with Crippen molar-refractivity contribution in [3.63, 3.8) is 0 Å². The third kappa shape index (κ3) is 4.15. The van der Waals surface area contributed by atoms with Crippen LogP contribution in [0.25, 0.3) is 0 Å². The van der Waals surface area contributed by atoms with E-state index < -0.39 is 11.9 Å². The summed E-state index contributed by atoms with van der Waals surface area (Å²) in [7, 11) is 5.82. The molecule has 0 unspecified atom stereocenters. The smallest absolute Gasteiger partial charge is 0.386 e. The Morgan fingerprint density at radius 3 is 1.23 bits per heavy atom. The summed E-state index contributed by atoms with van der Waals surface area (Å²) in [5, 5.41) is 0. The molecule has 0 saturated heterocycles. The zero-order valence-electron chi connectivity index (χ0n) is 14.7. The monoisotopic (exact) mass is 362 g/mol. The Hall–Kier alpha value is -3.42. The Balaban J connectivity index is 2.06. The minimum atomic E-state index is -0.861. The highest BCUT2D eigenvalue weighted by molar-refractivity contribution is 5.93. The fourth-order valence-corrected chi connectivity index (χ4v) is 2.10. The maximum atomic E-state index is 12.0. The van der Waals surface area contributed by atoms with E-state index in [2.05, 4.69) is 9.78 Å². The second kappa shape index (κ2) is 8.61. The molecule has 0 aliphatic carbocycles. The summed E-state index contributed by atoms with van der Waals surface area (Å²) in [6.45, 7) is 0. The van der Waals surface area contributed by atoms with Crippen LogP contribution in [0.2, 0.25) is 0 Å². The van der Waals surface area contributed by atoms with Crippen LogP contribution in [0.4, 0.5) is 0 Å². The number of methoxy groups -OCH3 is 4. The largest absolute Gasteiger partial charge is 0.493 e. The molecule has 26 heavy (non-hydrogen) atoms. The van der Waals surface area contributed by atoms with E-state index in [4.69, 9.17) is 18.9 Å². The first-order valence-electron chi connectivity index (χ1n) is 7.41. The molecule has 2 rings (SSSR count). The second-order valence-corrected chi connectivity index (χ2v) is 4.88. The van der Waals surface area contributed by atoms with Gasteiger partial charge in [-0.25, -0.2) is 19.4 Å². The number of hydrogen-bond acceptors (Lipinski definition) is 8. The lowest BCUT2D eigenvalue weighted by Crippen LogP contribution is -2.12.